The van der Waals surface area contributed by atoms with Crippen LogP contribution in [0.25, 0.3) is 0 Å². The Morgan fingerprint density at radius 1 is 1.43 bits per heavy atom. The van der Waals surface area contributed by atoms with Gasteiger partial charge in [-0.3, -0.25) is 9.59 Å². The van der Waals surface area contributed by atoms with E-state index in [1.165, 1.54) is 13.2 Å². The van der Waals surface area contributed by atoms with Crippen LogP contribution in [0.2, 0.25) is 0 Å². The normalized spacial score (nSPS) is 11.5. The topological polar surface area (TPSA) is 119 Å². The SMILES string of the molecule is COc1ccc(Br)c(C(=O)N[C@@H](CCC(N)=O)C(=O)O)c1. The van der Waals surface area contributed by atoms with Gasteiger partial charge in [-0.05, 0) is 40.5 Å². The number of carboxylic acid groups (broad SMARTS) is 1. The summed E-state index contributed by atoms with van der Waals surface area (Å²) >= 11 is 3.21. The Bertz CT molecular complexity index is 561. The van der Waals surface area contributed by atoms with Crippen molar-refractivity contribution in [3.8, 4) is 5.75 Å². The van der Waals surface area contributed by atoms with Gasteiger partial charge in [0.05, 0.1) is 12.7 Å². The van der Waals surface area contributed by atoms with Crippen molar-refractivity contribution in [2.24, 2.45) is 5.73 Å². The highest BCUT2D eigenvalue weighted by Gasteiger charge is 2.22. The van der Waals surface area contributed by atoms with Gasteiger partial charge in [-0.25, -0.2) is 4.79 Å². The lowest BCUT2D eigenvalue weighted by atomic mass is 10.1. The van der Waals surface area contributed by atoms with Gasteiger partial charge in [0.15, 0.2) is 0 Å². The van der Waals surface area contributed by atoms with Gasteiger partial charge < -0.3 is 20.9 Å². The van der Waals surface area contributed by atoms with E-state index in [1.54, 1.807) is 12.1 Å². The molecular weight excluding hydrogens is 344 g/mol. The van der Waals surface area contributed by atoms with Crippen molar-refractivity contribution < 1.29 is 24.2 Å². The van der Waals surface area contributed by atoms with E-state index in [0.29, 0.717) is 10.2 Å². The number of methoxy groups -OCH3 is 1. The first-order chi connectivity index (χ1) is 9.85. The number of aliphatic carboxylic acids is 1. The molecule has 114 valence electrons. The maximum absolute atomic E-state index is 12.1. The number of ether oxygens (including phenoxy) is 1. The van der Waals surface area contributed by atoms with E-state index in [0.717, 1.165) is 0 Å². The summed E-state index contributed by atoms with van der Waals surface area (Å²) in [4.78, 5) is 33.9. The van der Waals surface area contributed by atoms with E-state index in [4.69, 9.17) is 15.6 Å². The fourth-order valence-electron chi connectivity index (χ4n) is 1.59. The zero-order valence-electron chi connectivity index (χ0n) is 11.3. The molecule has 2 amide bonds. The lowest BCUT2D eigenvalue weighted by Crippen LogP contribution is -2.41. The second-order valence-electron chi connectivity index (χ2n) is 4.22. The molecule has 4 N–H and O–H groups in total. The summed E-state index contributed by atoms with van der Waals surface area (Å²) in [5, 5.41) is 11.4. The van der Waals surface area contributed by atoms with Crippen molar-refractivity contribution in [2.75, 3.05) is 7.11 Å². The maximum Gasteiger partial charge on any atom is 0.326 e. The Labute approximate surface area is 129 Å². The third-order valence-electron chi connectivity index (χ3n) is 2.70. The summed E-state index contributed by atoms with van der Waals surface area (Å²) in [7, 11) is 1.46. The molecule has 1 aromatic rings. The number of hydrogen-bond acceptors (Lipinski definition) is 4. The molecule has 0 unspecified atom stereocenters. The van der Waals surface area contributed by atoms with Crippen LogP contribution in [0.4, 0.5) is 0 Å². The summed E-state index contributed by atoms with van der Waals surface area (Å²) < 4.78 is 5.51. The Hall–Kier alpha value is -2.09. The average Bonchev–Trinajstić information content (AvgIpc) is 2.43. The molecule has 0 spiro atoms. The number of amides is 2. The van der Waals surface area contributed by atoms with Crippen LogP contribution < -0.4 is 15.8 Å². The van der Waals surface area contributed by atoms with E-state index < -0.39 is 23.8 Å². The fourth-order valence-corrected chi connectivity index (χ4v) is 2.01. The lowest BCUT2D eigenvalue weighted by molar-refractivity contribution is -0.139. The Kier molecular flexibility index (Phi) is 6.16. The molecule has 0 aliphatic rings. The van der Waals surface area contributed by atoms with Gasteiger partial charge in [0.1, 0.15) is 11.8 Å². The summed E-state index contributed by atoms with van der Waals surface area (Å²) in [5.41, 5.74) is 5.21. The van der Waals surface area contributed by atoms with Gasteiger partial charge in [-0.1, -0.05) is 0 Å². The van der Waals surface area contributed by atoms with Gasteiger partial charge in [0.25, 0.3) is 5.91 Å². The van der Waals surface area contributed by atoms with Crippen molar-refractivity contribution in [3.63, 3.8) is 0 Å². The largest absolute Gasteiger partial charge is 0.497 e. The number of halogens is 1. The lowest BCUT2D eigenvalue weighted by Gasteiger charge is -2.14. The molecule has 1 rings (SSSR count). The minimum atomic E-state index is -1.23. The third-order valence-corrected chi connectivity index (χ3v) is 3.39. The minimum absolute atomic E-state index is 0.0714. The molecular formula is C13H15BrN2O5. The average molecular weight is 359 g/mol. The van der Waals surface area contributed by atoms with E-state index >= 15 is 0 Å². The van der Waals surface area contributed by atoms with Crippen LogP contribution in [-0.4, -0.2) is 36.0 Å². The zero-order valence-corrected chi connectivity index (χ0v) is 12.8. The smallest absolute Gasteiger partial charge is 0.326 e. The molecule has 1 aromatic carbocycles. The monoisotopic (exact) mass is 358 g/mol. The Morgan fingerprint density at radius 2 is 2.10 bits per heavy atom. The highest BCUT2D eigenvalue weighted by Crippen LogP contribution is 2.22. The number of carbonyl (C=O) groups is 3. The van der Waals surface area contributed by atoms with Gasteiger partial charge >= 0.3 is 5.97 Å². The highest BCUT2D eigenvalue weighted by atomic mass is 79.9. The predicted molar refractivity (Wildman–Crippen MR) is 78.0 cm³/mol. The van der Waals surface area contributed by atoms with Crippen LogP contribution in [0.5, 0.6) is 5.75 Å². The third kappa shape index (κ3) is 5.07. The maximum atomic E-state index is 12.1. The van der Waals surface area contributed by atoms with Crippen molar-refractivity contribution in [3.05, 3.63) is 28.2 Å². The number of nitrogens with two attached hydrogens (primary N) is 1. The molecule has 21 heavy (non-hydrogen) atoms. The number of carboxylic acids is 1. The van der Waals surface area contributed by atoms with Crippen molar-refractivity contribution in [2.45, 2.75) is 18.9 Å². The molecule has 0 aliphatic heterocycles. The fraction of sp³-hybridized carbons (Fsp3) is 0.308. The van der Waals surface area contributed by atoms with Gasteiger partial charge in [-0.2, -0.15) is 0 Å². The summed E-state index contributed by atoms with van der Waals surface area (Å²) in [5.74, 6) is -1.98. The highest BCUT2D eigenvalue weighted by molar-refractivity contribution is 9.10. The molecule has 0 heterocycles. The predicted octanol–water partition coefficient (Wildman–Crippen LogP) is 0.906. The molecule has 0 aromatic heterocycles. The van der Waals surface area contributed by atoms with Crippen LogP contribution >= 0.6 is 15.9 Å². The number of primary amides is 1. The quantitative estimate of drug-likeness (QED) is 0.669. The van der Waals surface area contributed by atoms with Crippen LogP contribution in [0, 0.1) is 0 Å². The van der Waals surface area contributed by atoms with Crippen LogP contribution in [0.3, 0.4) is 0 Å². The number of nitrogens with one attached hydrogen (secondary N) is 1. The summed E-state index contributed by atoms with van der Waals surface area (Å²) in [6.07, 6.45) is -0.200. The molecule has 0 saturated carbocycles. The zero-order chi connectivity index (χ0) is 16.0. The number of carbonyl (C=O) groups excluding carboxylic acids is 2. The van der Waals surface area contributed by atoms with Gasteiger partial charge in [0, 0.05) is 10.9 Å². The van der Waals surface area contributed by atoms with Crippen LogP contribution in [0.15, 0.2) is 22.7 Å². The molecule has 0 saturated heterocycles. The Balaban J connectivity index is 2.86. The van der Waals surface area contributed by atoms with Crippen LogP contribution in [0.1, 0.15) is 23.2 Å². The summed E-state index contributed by atoms with van der Waals surface area (Å²) in [6.45, 7) is 0. The van der Waals surface area contributed by atoms with Gasteiger partial charge in [0.2, 0.25) is 5.91 Å². The number of benzene rings is 1. The molecule has 1 atom stereocenters. The molecule has 0 fully saturated rings. The molecule has 0 aliphatic carbocycles. The second kappa shape index (κ2) is 7.63. The van der Waals surface area contributed by atoms with Crippen molar-refractivity contribution in [1.29, 1.82) is 0 Å². The first kappa shape index (κ1) is 17.0. The first-order valence-corrected chi connectivity index (χ1v) is 6.80. The molecule has 0 bridgehead atoms. The number of hydrogen-bond donors (Lipinski definition) is 3. The van der Waals surface area contributed by atoms with Gasteiger partial charge in [-0.15, -0.1) is 0 Å². The van der Waals surface area contributed by atoms with Crippen molar-refractivity contribution in [1.82, 2.24) is 5.32 Å². The van der Waals surface area contributed by atoms with E-state index in [1.807, 2.05) is 0 Å². The van der Waals surface area contributed by atoms with E-state index in [9.17, 15) is 14.4 Å². The van der Waals surface area contributed by atoms with Crippen LogP contribution in [-0.2, 0) is 9.59 Å². The molecule has 8 heteroatoms. The summed E-state index contributed by atoms with van der Waals surface area (Å²) in [6, 6.07) is 3.56. The molecule has 0 radical (unpaired) electrons. The van der Waals surface area contributed by atoms with E-state index in [2.05, 4.69) is 21.2 Å². The Morgan fingerprint density at radius 3 is 2.62 bits per heavy atom. The van der Waals surface area contributed by atoms with E-state index in [-0.39, 0.29) is 18.4 Å². The molecule has 7 nitrogen and oxygen atoms in total. The first-order valence-electron chi connectivity index (χ1n) is 6.00. The standard InChI is InChI=1S/C13H15BrN2O5/c1-21-7-2-3-9(14)8(6-7)12(18)16-10(13(19)20)4-5-11(15)17/h2-3,6,10H,4-5H2,1H3,(H2,15,17)(H,16,18)(H,19,20)/t10-/m0/s1. The van der Waals surface area contributed by atoms with Crippen molar-refractivity contribution >= 4 is 33.7 Å². The minimum Gasteiger partial charge on any atom is -0.497 e. The number of rotatable bonds is 7. The second-order valence-corrected chi connectivity index (χ2v) is 5.07.